The number of hydrogen-bond donors (Lipinski definition) is 1. The maximum atomic E-state index is 5.72. The van der Waals surface area contributed by atoms with E-state index in [1.165, 1.54) is 56.2 Å². The van der Waals surface area contributed by atoms with Crippen LogP contribution in [-0.2, 0) is 12.8 Å². The Morgan fingerprint density at radius 1 is 1.16 bits per heavy atom. The van der Waals surface area contributed by atoms with Crippen LogP contribution in [0.4, 0.5) is 0 Å². The summed E-state index contributed by atoms with van der Waals surface area (Å²) in [7, 11) is 1.82. The van der Waals surface area contributed by atoms with E-state index in [4.69, 9.17) is 4.74 Å². The van der Waals surface area contributed by atoms with Crippen molar-refractivity contribution in [2.75, 3.05) is 20.2 Å². The van der Waals surface area contributed by atoms with Crippen LogP contribution in [0.15, 0.2) is 6.07 Å². The highest BCUT2D eigenvalue weighted by molar-refractivity contribution is 5.52. The molecule has 2 aliphatic rings. The first-order valence-corrected chi connectivity index (χ1v) is 7.71. The Morgan fingerprint density at radius 2 is 1.95 bits per heavy atom. The zero-order chi connectivity index (χ0) is 13.2. The molecule has 3 rings (SSSR count). The van der Waals surface area contributed by atoms with Crippen LogP contribution in [0.3, 0.4) is 0 Å². The highest BCUT2D eigenvalue weighted by Gasteiger charge is 2.26. The van der Waals surface area contributed by atoms with Gasteiger partial charge in [-0.25, -0.2) is 0 Å². The van der Waals surface area contributed by atoms with E-state index in [2.05, 4.69) is 18.3 Å². The van der Waals surface area contributed by atoms with Crippen molar-refractivity contribution in [3.63, 3.8) is 0 Å². The summed E-state index contributed by atoms with van der Waals surface area (Å²) in [6.07, 6.45) is 7.79. The van der Waals surface area contributed by atoms with Crippen LogP contribution < -0.4 is 10.1 Å². The number of piperidine rings is 1. The predicted molar refractivity (Wildman–Crippen MR) is 79.2 cm³/mol. The van der Waals surface area contributed by atoms with E-state index in [1.54, 1.807) is 11.1 Å². The van der Waals surface area contributed by atoms with Gasteiger partial charge in [0.15, 0.2) is 0 Å². The third-order valence-corrected chi connectivity index (χ3v) is 4.81. The lowest BCUT2D eigenvalue weighted by Gasteiger charge is -2.31. The number of rotatable bonds is 2. The highest BCUT2D eigenvalue weighted by Crippen LogP contribution is 2.40. The lowest BCUT2D eigenvalue weighted by molar-refractivity contribution is 0.389. The molecule has 0 aromatic heterocycles. The molecule has 1 heterocycles. The smallest absolute Gasteiger partial charge is 0.122 e. The van der Waals surface area contributed by atoms with Gasteiger partial charge in [-0.05, 0) is 74.8 Å². The number of aryl methyl sites for hydroxylation is 1. The molecule has 0 bridgehead atoms. The Hall–Kier alpha value is -1.02. The summed E-state index contributed by atoms with van der Waals surface area (Å²) in [4.78, 5) is 0. The SMILES string of the molecule is COc1cc(C)c2c(c1C1CCCNC1)CCCC2. The summed E-state index contributed by atoms with van der Waals surface area (Å²) in [5.74, 6) is 1.78. The van der Waals surface area contributed by atoms with E-state index in [-0.39, 0.29) is 0 Å². The van der Waals surface area contributed by atoms with E-state index in [0.717, 1.165) is 12.3 Å². The van der Waals surface area contributed by atoms with Gasteiger partial charge in [0, 0.05) is 18.0 Å². The Labute approximate surface area is 116 Å². The number of benzene rings is 1. The summed E-state index contributed by atoms with van der Waals surface area (Å²) < 4.78 is 5.72. The van der Waals surface area contributed by atoms with Crippen LogP contribution in [0.25, 0.3) is 0 Å². The topological polar surface area (TPSA) is 21.3 Å². The van der Waals surface area contributed by atoms with Crippen molar-refractivity contribution in [1.29, 1.82) is 0 Å². The average Bonchev–Trinajstić information content (AvgIpc) is 2.48. The average molecular weight is 259 g/mol. The predicted octanol–water partition coefficient (Wildman–Crippen LogP) is 3.35. The fraction of sp³-hybridized carbons (Fsp3) is 0.647. The van der Waals surface area contributed by atoms with Gasteiger partial charge in [0.25, 0.3) is 0 Å². The zero-order valence-electron chi connectivity index (χ0n) is 12.2. The zero-order valence-corrected chi connectivity index (χ0v) is 12.2. The van der Waals surface area contributed by atoms with Gasteiger partial charge >= 0.3 is 0 Å². The molecule has 104 valence electrons. The van der Waals surface area contributed by atoms with Gasteiger partial charge in [-0.2, -0.15) is 0 Å². The fourth-order valence-electron chi connectivity index (χ4n) is 3.86. The van der Waals surface area contributed by atoms with Gasteiger partial charge in [-0.3, -0.25) is 0 Å². The molecule has 1 unspecified atom stereocenters. The second kappa shape index (κ2) is 5.54. The van der Waals surface area contributed by atoms with Crippen LogP contribution >= 0.6 is 0 Å². The normalized spacial score (nSPS) is 22.9. The van der Waals surface area contributed by atoms with Gasteiger partial charge in [-0.1, -0.05) is 0 Å². The number of fused-ring (bicyclic) bond motifs is 1. The number of methoxy groups -OCH3 is 1. The van der Waals surface area contributed by atoms with Crippen LogP contribution in [0, 0.1) is 6.92 Å². The third-order valence-electron chi connectivity index (χ3n) is 4.81. The molecule has 0 spiro atoms. The molecule has 2 heteroatoms. The Bertz CT molecular complexity index is 461. The maximum Gasteiger partial charge on any atom is 0.122 e. The van der Waals surface area contributed by atoms with E-state index < -0.39 is 0 Å². The molecule has 1 aromatic carbocycles. The first-order chi connectivity index (χ1) is 9.31. The summed E-state index contributed by atoms with van der Waals surface area (Å²) in [5.41, 5.74) is 6.19. The standard InChI is InChI=1S/C17H25NO/c1-12-10-16(19-2)17(13-6-5-9-18-11-13)15-8-4-3-7-14(12)15/h10,13,18H,3-9,11H2,1-2H3. The van der Waals surface area contributed by atoms with E-state index in [1.807, 2.05) is 7.11 Å². The van der Waals surface area contributed by atoms with E-state index in [9.17, 15) is 0 Å². The maximum absolute atomic E-state index is 5.72. The van der Waals surface area contributed by atoms with Crippen molar-refractivity contribution in [3.05, 3.63) is 28.3 Å². The first kappa shape index (κ1) is 13.0. The molecule has 1 atom stereocenters. The summed E-state index contributed by atoms with van der Waals surface area (Å²) in [6.45, 7) is 4.54. The van der Waals surface area contributed by atoms with Gasteiger partial charge in [0.05, 0.1) is 7.11 Å². The molecule has 1 aromatic rings. The Balaban J connectivity index is 2.09. The first-order valence-electron chi connectivity index (χ1n) is 7.71. The molecular weight excluding hydrogens is 234 g/mol. The molecule has 0 amide bonds. The van der Waals surface area contributed by atoms with Crippen LogP contribution in [0.1, 0.15) is 53.9 Å². The Kier molecular flexibility index (Phi) is 3.79. The van der Waals surface area contributed by atoms with Crippen molar-refractivity contribution in [3.8, 4) is 5.75 Å². The molecule has 0 radical (unpaired) electrons. The van der Waals surface area contributed by atoms with Crippen LogP contribution in [0.5, 0.6) is 5.75 Å². The minimum atomic E-state index is 0.649. The van der Waals surface area contributed by atoms with Crippen molar-refractivity contribution in [2.45, 2.75) is 51.4 Å². The van der Waals surface area contributed by atoms with Crippen molar-refractivity contribution in [2.24, 2.45) is 0 Å². The second-order valence-corrected chi connectivity index (χ2v) is 6.02. The molecule has 1 saturated heterocycles. The fourth-order valence-corrected chi connectivity index (χ4v) is 3.86. The van der Waals surface area contributed by atoms with Crippen molar-refractivity contribution < 1.29 is 4.74 Å². The second-order valence-electron chi connectivity index (χ2n) is 6.02. The lowest BCUT2D eigenvalue weighted by atomic mass is 9.79. The molecule has 1 aliphatic carbocycles. The van der Waals surface area contributed by atoms with E-state index in [0.29, 0.717) is 5.92 Å². The van der Waals surface area contributed by atoms with Gasteiger partial charge in [-0.15, -0.1) is 0 Å². The summed E-state index contributed by atoms with van der Waals surface area (Å²) >= 11 is 0. The van der Waals surface area contributed by atoms with Crippen molar-refractivity contribution >= 4 is 0 Å². The van der Waals surface area contributed by atoms with Crippen LogP contribution in [-0.4, -0.2) is 20.2 Å². The highest BCUT2D eigenvalue weighted by atomic mass is 16.5. The number of hydrogen-bond acceptors (Lipinski definition) is 2. The minimum absolute atomic E-state index is 0.649. The summed E-state index contributed by atoms with van der Waals surface area (Å²) in [6, 6.07) is 2.27. The van der Waals surface area contributed by atoms with Gasteiger partial charge in [0.2, 0.25) is 0 Å². The molecule has 2 nitrogen and oxygen atoms in total. The molecule has 0 saturated carbocycles. The minimum Gasteiger partial charge on any atom is -0.496 e. The molecular formula is C17H25NO. The molecule has 1 N–H and O–H groups in total. The number of ether oxygens (including phenoxy) is 1. The largest absolute Gasteiger partial charge is 0.496 e. The third kappa shape index (κ3) is 2.38. The monoisotopic (exact) mass is 259 g/mol. The Morgan fingerprint density at radius 3 is 2.63 bits per heavy atom. The van der Waals surface area contributed by atoms with Crippen molar-refractivity contribution in [1.82, 2.24) is 5.32 Å². The van der Waals surface area contributed by atoms with E-state index >= 15 is 0 Å². The number of nitrogens with one attached hydrogen (secondary N) is 1. The van der Waals surface area contributed by atoms with Crippen LogP contribution in [0.2, 0.25) is 0 Å². The molecule has 1 fully saturated rings. The quantitative estimate of drug-likeness (QED) is 0.879. The lowest BCUT2D eigenvalue weighted by Crippen LogP contribution is -2.29. The molecule has 1 aliphatic heterocycles. The van der Waals surface area contributed by atoms with Gasteiger partial charge in [0.1, 0.15) is 5.75 Å². The van der Waals surface area contributed by atoms with Gasteiger partial charge < -0.3 is 10.1 Å². The summed E-state index contributed by atoms with van der Waals surface area (Å²) in [5, 5.41) is 3.55. The molecule has 19 heavy (non-hydrogen) atoms.